The average molecular weight is 480 g/mol. The fourth-order valence-corrected chi connectivity index (χ4v) is 4.19. The number of carbonyl (C=O) groups is 2. The Morgan fingerprint density at radius 3 is 1.73 bits per heavy atom. The predicted octanol–water partition coefficient (Wildman–Crippen LogP) is 6.29. The number of carbonyl (C=O) groups excluding carboxylic acids is 2. The minimum absolute atomic E-state index is 0.00636. The van der Waals surface area contributed by atoms with Crippen LogP contribution in [-0.4, -0.2) is 11.6 Å². The highest BCUT2D eigenvalue weighted by Gasteiger charge is 2.29. The van der Waals surface area contributed by atoms with Crippen LogP contribution < -0.4 is 10.4 Å². The first-order valence-electron chi connectivity index (χ1n) is 9.28. The topological polar surface area (TPSA) is 82.9 Å². The lowest BCUT2D eigenvalue weighted by atomic mass is 9.84. The van der Waals surface area contributed by atoms with Crippen molar-refractivity contribution >= 4 is 57.5 Å². The van der Waals surface area contributed by atoms with Crippen molar-refractivity contribution in [1.29, 1.82) is 0 Å². The van der Waals surface area contributed by atoms with Crippen molar-refractivity contribution in [3.05, 3.63) is 59.7 Å². The molecule has 6 nitrogen and oxygen atoms in total. The van der Waals surface area contributed by atoms with Crippen LogP contribution in [0.3, 0.4) is 0 Å². The predicted molar refractivity (Wildman–Crippen MR) is 136 cm³/mol. The lowest BCUT2D eigenvalue weighted by Gasteiger charge is -2.26. The third-order valence-electron chi connectivity index (χ3n) is 4.77. The van der Waals surface area contributed by atoms with Gasteiger partial charge in [0.1, 0.15) is 0 Å². The maximum atomic E-state index is 12.3. The van der Waals surface area contributed by atoms with Crippen molar-refractivity contribution in [1.82, 2.24) is 10.4 Å². The molecular weight excluding hydrogens is 452 g/mol. The Bertz CT molecular complexity index is 913. The van der Waals surface area contributed by atoms with Crippen LogP contribution in [0, 0.1) is 0 Å². The van der Waals surface area contributed by atoms with Crippen LogP contribution in [-0.2, 0) is 15.7 Å². The monoisotopic (exact) mass is 480 g/mol. The summed E-state index contributed by atoms with van der Waals surface area (Å²) in [5, 5.41) is 14.4. The zero-order valence-corrected chi connectivity index (χ0v) is 21.8. The number of benzene rings is 2. The van der Waals surface area contributed by atoms with Gasteiger partial charge in [-0.1, -0.05) is 33.2 Å². The molecule has 4 unspecified atom stereocenters. The molecule has 0 bridgehead atoms. The van der Waals surface area contributed by atoms with E-state index in [1.807, 2.05) is 76.2 Å². The van der Waals surface area contributed by atoms with Gasteiger partial charge in [0.2, 0.25) is 11.6 Å². The van der Waals surface area contributed by atoms with E-state index in [0.717, 1.165) is 16.8 Å². The van der Waals surface area contributed by atoms with Crippen molar-refractivity contribution in [2.45, 2.75) is 38.6 Å². The summed E-state index contributed by atoms with van der Waals surface area (Å²) >= 11 is 0. The third-order valence-corrected chi connectivity index (χ3v) is 6.75. The molecule has 0 spiro atoms. The fourth-order valence-electron chi connectivity index (χ4n) is 2.75. The first-order valence-corrected chi connectivity index (χ1v) is 14.9. The first kappa shape index (κ1) is 25.0. The van der Waals surface area contributed by atoms with E-state index in [1.165, 1.54) is 0 Å². The molecule has 2 N–H and O–H groups in total. The normalized spacial score (nSPS) is 12.9. The van der Waals surface area contributed by atoms with Crippen LogP contribution in [0.5, 0.6) is 0 Å². The summed E-state index contributed by atoms with van der Waals surface area (Å²) in [5.41, 5.74) is 2.28. The summed E-state index contributed by atoms with van der Waals surface area (Å²) in [6, 6.07) is 15.2. The molecule has 0 saturated heterocycles. The van der Waals surface area contributed by atoms with Crippen LogP contribution in [0.2, 0.25) is 0 Å². The Hall–Kier alpha value is -1.30. The summed E-state index contributed by atoms with van der Waals surface area (Å²) in [4.78, 5) is 24.0. The first-order chi connectivity index (χ1) is 14.1. The van der Waals surface area contributed by atoms with E-state index in [9.17, 15) is 9.59 Å². The highest BCUT2D eigenvalue weighted by Crippen LogP contribution is 2.30. The van der Waals surface area contributed by atoms with Crippen LogP contribution >= 0.6 is 34.5 Å². The number of nitrogens with zero attached hydrogens (tertiary/aromatic N) is 2. The zero-order valence-electron chi connectivity index (χ0n) is 17.5. The molecule has 2 aromatic carbocycles. The molecule has 0 aliphatic carbocycles. The van der Waals surface area contributed by atoms with E-state index >= 15 is 0 Å². The van der Waals surface area contributed by atoms with E-state index in [2.05, 4.69) is 38.5 Å². The van der Waals surface area contributed by atoms with Crippen LogP contribution in [0.15, 0.2) is 58.8 Å². The van der Waals surface area contributed by atoms with Gasteiger partial charge >= 0.3 is 0 Å². The molecule has 10 heteroatoms. The Morgan fingerprint density at radius 1 is 0.833 bits per heavy atom. The SMILES string of the molecule is CC(C)(NC(=O)PP)c1ccc(/N=N/c2ccc(C(C)(C)C(=O)NPP)cc2)cc1. The van der Waals surface area contributed by atoms with Crippen molar-refractivity contribution in [2.75, 3.05) is 0 Å². The molecule has 0 aliphatic rings. The number of amides is 2. The van der Waals surface area contributed by atoms with E-state index in [4.69, 9.17) is 0 Å². The van der Waals surface area contributed by atoms with Gasteiger partial charge in [-0.2, -0.15) is 10.2 Å². The molecule has 4 atom stereocenters. The van der Waals surface area contributed by atoms with Crippen LogP contribution in [0.1, 0.15) is 38.8 Å². The van der Waals surface area contributed by atoms with Crippen molar-refractivity contribution in [3.8, 4) is 0 Å². The average Bonchev–Trinajstić information content (AvgIpc) is 2.72. The maximum Gasteiger partial charge on any atom is 0.242 e. The molecule has 160 valence electrons. The minimum Gasteiger partial charge on any atom is -0.344 e. The van der Waals surface area contributed by atoms with Gasteiger partial charge in [-0.3, -0.25) is 9.59 Å². The quantitative estimate of drug-likeness (QED) is 0.344. The highest BCUT2D eigenvalue weighted by atomic mass is 32.0. The second-order valence-corrected chi connectivity index (χ2v) is 10.8. The number of azo groups is 1. The Morgan fingerprint density at radius 2 is 1.30 bits per heavy atom. The Balaban J connectivity index is 2.09. The van der Waals surface area contributed by atoms with Gasteiger partial charge < -0.3 is 10.4 Å². The third kappa shape index (κ3) is 6.60. The maximum absolute atomic E-state index is 12.3. The summed E-state index contributed by atoms with van der Waals surface area (Å²) in [6.07, 6.45) is 0. The van der Waals surface area contributed by atoms with Crippen molar-refractivity contribution in [3.63, 3.8) is 0 Å². The van der Waals surface area contributed by atoms with Gasteiger partial charge in [0, 0.05) is 0 Å². The molecule has 30 heavy (non-hydrogen) atoms. The molecule has 0 aliphatic heterocycles. The molecule has 0 heterocycles. The lowest BCUT2D eigenvalue weighted by molar-refractivity contribution is -0.123. The van der Waals surface area contributed by atoms with E-state index in [-0.39, 0.29) is 19.8 Å². The van der Waals surface area contributed by atoms with Crippen molar-refractivity contribution < 1.29 is 9.59 Å². The zero-order chi connectivity index (χ0) is 22.4. The van der Waals surface area contributed by atoms with Gasteiger partial charge in [0.05, 0.1) is 22.3 Å². The van der Waals surface area contributed by atoms with Crippen molar-refractivity contribution in [2.24, 2.45) is 10.2 Å². The minimum atomic E-state index is -0.617. The van der Waals surface area contributed by atoms with Crippen LogP contribution in [0.25, 0.3) is 0 Å². The fraction of sp³-hybridized carbons (Fsp3) is 0.300. The second kappa shape index (κ2) is 10.8. The van der Waals surface area contributed by atoms with E-state index < -0.39 is 11.0 Å². The van der Waals surface area contributed by atoms with E-state index in [0.29, 0.717) is 14.1 Å². The summed E-state index contributed by atoms with van der Waals surface area (Å²) in [5.74, 6) is -0.0115. The standard InChI is InChI=1S/C20H28N4O2P4/c1-19(2,17(25)24-30-28)13-5-9-15(10-6-13)22-23-16-11-7-14(8-12-16)20(3,4)21-18(26)29-27/h5-12,29-30H,27-28H2,1-4H3,(H,21,26)(H,24,25)/b23-22+. The Labute approximate surface area is 186 Å². The Kier molecular flexibility index (Phi) is 9.01. The second-order valence-electron chi connectivity index (χ2n) is 7.74. The largest absolute Gasteiger partial charge is 0.344 e. The molecule has 2 rings (SSSR count). The molecule has 0 fully saturated rings. The molecular formula is C20H28N4O2P4. The molecule has 0 radical (unpaired) electrons. The van der Waals surface area contributed by atoms with Crippen LogP contribution in [0.4, 0.5) is 16.2 Å². The van der Waals surface area contributed by atoms with E-state index in [1.54, 1.807) is 0 Å². The summed E-state index contributed by atoms with van der Waals surface area (Å²) < 4.78 is 0. The van der Waals surface area contributed by atoms with Gasteiger partial charge in [-0.25, -0.2) is 0 Å². The smallest absolute Gasteiger partial charge is 0.242 e. The van der Waals surface area contributed by atoms with Gasteiger partial charge in [-0.15, -0.1) is 8.93 Å². The van der Waals surface area contributed by atoms with Gasteiger partial charge in [-0.05, 0) is 79.8 Å². The molecule has 0 saturated carbocycles. The molecule has 2 amide bonds. The summed E-state index contributed by atoms with van der Waals surface area (Å²) in [6.45, 7) is 7.73. The highest BCUT2D eigenvalue weighted by molar-refractivity contribution is 8.11. The lowest BCUT2D eigenvalue weighted by Crippen LogP contribution is -2.38. The number of hydrogen-bond acceptors (Lipinski definition) is 4. The van der Waals surface area contributed by atoms with Gasteiger partial charge in [0.15, 0.2) is 0 Å². The number of hydrogen-bond donors (Lipinski definition) is 2. The summed E-state index contributed by atoms with van der Waals surface area (Å²) in [7, 11) is 5.40. The number of rotatable bonds is 8. The molecule has 2 aromatic rings. The number of nitrogens with one attached hydrogen (secondary N) is 2. The molecule has 0 aromatic heterocycles. The van der Waals surface area contributed by atoms with Gasteiger partial charge in [0.25, 0.3) is 0 Å².